The normalized spacial score (nSPS) is 28.2. The molecule has 2 bridgehead atoms. The van der Waals surface area contributed by atoms with Crippen molar-refractivity contribution in [1.29, 1.82) is 0 Å². The zero-order valence-corrected chi connectivity index (χ0v) is 18.4. The predicted octanol–water partition coefficient (Wildman–Crippen LogP) is 4.53. The van der Waals surface area contributed by atoms with Crippen molar-refractivity contribution in [2.75, 3.05) is 0 Å². The fourth-order valence-corrected chi connectivity index (χ4v) is 6.44. The van der Waals surface area contributed by atoms with Gasteiger partial charge in [-0.1, -0.05) is 43.7 Å². The lowest BCUT2D eigenvalue weighted by Crippen LogP contribution is -2.61. The van der Waals surface area contributed by atoms with Crippen LogP contribution in [0.3, 0.4) is 0 Å². The van der Waals surface area contributed by atoms with Gasteiger partial charge < -0.3 is 5.11 Å². The molecule has 0 spiro atoms. The molecule has 0 heterocycles. The van der Waals surface area contributed by atoms with Crippen LogP contribution in [0.1, 0.15) is 57.9 Å². The van der Waals surface area contributed by atoms with Crippen molar-refractivity contribution in [2.24, 2.45) is 23.2 Å². The summed E-state index contributed by atoms with van der Waals surface area (Å²) in [6.07, 6.45) is 8.62. The first kappa shape index (κ1) is 22.0. The number of unbranched alkanes of at least 4 members (excludes halogenated alkanes) is 1. The van der Waals surface area contributed by atoms with Gasteiger partial charge in [-0.05, 0) is 74.3 Å². The van der Waals surface area contributed by atoms with E-state index < -0.39 is 16.0 Å². The highest BCUT2D eigenvalue weighted by Crippen LogP contribution is 2.62. The van der Waals surface area contributed by atoms with Crippen molar-refractivity contribution in [1.82, 2.24) is 4.72 Å². The molecule has 0 radical (unpaired) electrons. The average Bonchev–Trinajstić information content (AvgIpc) is 2.64. The molecule has 0 amide bonds. The number of carboxylic acid groups (broad SMARTS) is 1. The summed E-state index contributed by atoms with van der Waals surface area (Å²) in [5.74, 6) is 0.578. The lowest BCUT2D eigenvalue weighted by molar-refractivity contribution is -0.137. The first-order valence-corrected chi connectivity index (χ1v) is 12.1. The number of aliphatic carboxylic acids is 1. The number of benzene rings is 1. The largest absolute Gasteiger partial charge is 0.481 e. The summed E-state index contributed by atoms with van der Waals surface area (Å²) in [7, 11) is -3.54. The van der Waals surface area contributed by atoms with Crippen molar-refractivity contribution in [2.45, 2.75) is 70.2 Å². The fraction of sp³-hybridized carbons (Fsp3) is 0.609. The van der Waals surface area contributed by atoms with E-state index in [9.17, 15) is 13.2 Å². The van der Waals surface area contributed by atoms with E-state index in [0.29, 0.717) is 23.2 Å². The van der Waals surface area contributed by atoms with E-state index in [2.05, 4.69) is 24.6 Å². The molecule has 4 rings (SSSR count). The number of hydrogen-bond acceptors (Lipinski definition) is 3. The molecule has 0 aliphatic heterocycles. The molecule has 1 aromatic carbocycles. The number of hydrogen-bond donors (Lipinski definition) is 2. The summed E-state index contributed by atoms with van der Waals surface area (Å²) in [4.78, 5) is 10.9. The van der Waals surface area contributed by atoms with Crippen LogP contribution >= 0.6 is 0 Å². The Hall–Kier alpha value is -1.66. The summed E-state index contributed by atoms with van der Waals surface area (Å²) in [6, 6.07) is 6.94. The molecule has 3 saturated carbocycles. The first-order valence-electron chi connectivity index (χ1n) is 10.6. The lowest BCUT2D eigenvalue weighted by Gasteiger charge is -2.62. The third kappa shape index (κ3) is 4.92. The van der Waals surface area contributed by atoms with E-state index >= 15 is 0 Å². The van der Waals surface area contributed by atoms with Gasteiger partial charge in [0.2, 0.25) is 10.0 Å². The van der Waals surface area contributed by atoms with E-state index in [1.165, 1.54) is 6.42 Å². The molecule has 2 N–H and O–H groups in total. The minimum Gasteiger partial charge on any atom is -0.481 e. The van der Waals surface area contributed by atoms with E-state index in [4.69, 9.17) is 5.11 Å². The van der Waals surface area contributed by atoms with E-state index in [1.54, 1.807) is 12.1 Å². The van der Waals surface area contributed by atoms with Crippen LogP contribution in [0.25, 0.3) is 0 Å². The molecule has 0 saturated heterocycles. The second-order valence-corrected chi connectivity index (χ2v) is 11.0. The quantitative estimate of drug-likeness (QED) is 0.455. The standard InChI is InChI=1S/C23H33NO4S/c1-16-10-12-18(13-11-16)29(27,28)24-21-15-17-14-20(23(17,2)3)19(21)8-6-4-5-7-9-22(25)26/h4,6,10-13,17,19-21,24H,5,7-9,14-15H2,1-3H3,(H,25,26). The van der Waals surface area contributed by atoms with Gasteiger partial charge in [0.15, 0.2) is 0 Å². The number of allylic oxidation sites excluding steroid dienone is 2. The first-order chi connectivity index (χ1) is 13.6. The van der Waals surface area contributed by atoms with Gasteiger partial charge in [-0.25, -0.2) is 13.1 Å². The molecule has 3 fully saturated rings. The smallest absolute Gasteiger partial charge is 0.303 e. The van der Waals surface area contributed by atoms with Crippen molar-refractivity contribution in [3.63, 3.8) is 0 Å². The van der Waals surface area contributed by atoms with Crippen molar-refractivity contribution >= 4 is 16.0 Å². The Morgan fingerprint density at radius 1 is 1.21 bits per heavy atom. The molecule has 3 aliphatic rings. The topological polar surface area (TPSA) is 83.5 Å². The molecule has 29 heavy (non-hydrogen) atoms. The van der Waals surface area contributed by atoms with Gasteiger partial charge in [-0.15, -0.1) is 0 Å². The van der Waals surface area contributed by atoms with Gasteiger partial charge in [0, 0.05) is 12.5 Å². The number of carboxylic acids is 1. The summed E-state index contributed by atoms with van der Waals surface area (Å²) < 4.78 is 28.9. The molecule has 5 nitrogen and oxygen atoms in total. The van der Waals surface area contributed by atoms with Crippen LogP contribution in [0.5, 0.6) is 0 Å². The molecule has 4 unspecified atom stereocenters. The van der Waals surface area contributed by atoms with Crippen LogP contribution in [0.2, 0.25) is 0 Å². The van der Waals surface area contributed by atoms with Crippen molar-refractivity contribution in [3.05, 3.63) is 42.0 Å². The van der Waals surface area contributed by atoms with Crippen molar-refractivity contribution in [3.8, 4) is 0 Å². The van der Waals surface area contributed by atoms with Crippen LogP contribution in [0.15, 0.2) is 41.3 Å². The van der Waals surface area contributed by atoms with Gasteiger partial charge in [0.05, 0.1) is 4.90 Å². The van der Waals surface area contributed by atoms with Gasteiger partial charge in [-0.3, -0.25) is 4.79 Å². The van der Waals surface area contributed by atoms with Crippen LogP contribution in [0.4, 0.5) is 0 Å². The Labute approximate surface area is 174 Å². The highest BCUT2D eigenvalue weighted by atomic mass is 32.2. The molecule has 1 aromatic rings. The summed E-state index contributed by atoms with van der Waals surface area (Å²) in [6.45, 7) is 6.56. The Kier molecular flexibility index (Phi) is 6.54. The SMILES string of the molecule is Cc1ccc(S(=O)(=O)NC2CC3CC(C2CC=CCCCC(=O)O)C3(C)C)cc1. The number of nitrogens with one attached hydrogen (secondary N) is 1. The maximum absolute atomic E-state index is 12.9. The third-order valence-electron chi connectivity index (χ3n) is 7.09. The minimum absolute atomic E-state index is 0.0539. The number of carbonyl (C=O) groups is 1. The van der Waals surface area contributed by atoms with Gasteiger partial charge in [0.1, 0.15) is 0 Å². The maximum Gasteiger partial charge on any atom is 0.303 e. The van der Waals surface area contributed by atoms with E-state index in [0.717, 1.165) is 24.8 Å². The van der Waals surface area contributed by atoms with Gasteiger partial charge >= 0.3 is 5.97 Å². The third-order valence-corrected chi connectivity index (χ3v) is 8.60. The summed E-state index contributed by atoms with van der Waals surface area (Å²) >= 11 is 0. The van der Waals surface area contributed by atoms with Crippen LogP contribution in [-0.4, -0.2) is 25.5 Å². The van der Waals surface area contributed by atoms with E-state index in [1.807, 2.05) is 25.1 Å². The number of sulfonamides is 1. The zero-order valence-electron chi connectivity index (χ0n) is 17.6. The molecule has 160 valence electrons. The second-order valence-electron chi connectivity index (χ2n) is 9.29. The Balaban J connectivity index is 1.68. The van der Waals surface area contributed by atoms with Crippen LogP contribution in [0, 0.1) is 30.1 Å². The number of fused-ring (bicyclic) bond motifs is 2. The minimum atomic E-state index is -3.54. The Morgan fingerprint density at radius 2 is 1.90 bits per heavy atom. The summed E-state index contributed by atoms with van der Waals surface area (Å²) in [5.41, 5.74) is 1.30. The Morgan fingerprint density at radius 3 is 2.52 bits per heavy atom. The molecular formula is C23H33NO4S. The fourth-order valence-electron chi connectivity index (χ4n) is 5.14. The molecule has 4 atom stereocenters. The Bertz CT molecular complexity index is 857. The summed E-state index contributed by atoms with van der Waals surface area (Å²) in [5, 5.41) is 8.73. The zero-order chi connectivity index (χ0) is 21.2. The average molecular weight is 420 g/mol. The second kappa shape index (κ2) is 8.60. The number of rotatable bonds is 9. The number of aryl methyl sites for hydroxylation is 1. The molecule has 6 heteroatoms. The molecule has 3 aliphatic carbocycles. The highest BCUT2D eigenvalue weighted by Gasteiger charge is 2.57. The van der Waals surface area contributed by atoms with Crippen LogP contribution in [-0.2, 0) is 14.8 Å². The predicted molar refractivity (Wildman–Crippen MR) is 114 cm³/mol. The van der Waals surface area contributed by atoms with Crippen LogP contribution < -0.4 is 4.72 Å². The highest BCUT2D eigenvalue weighted by molar-refractivity contribution is 7.89. The lowest BCUT2D eigenvalue weighted by atomic mass is 9.44. The van der Waals surface area contributed by atoms with Crippen molar-refractivity contribution < 1.29 is 18.3 Å². The monoisotopic (exact) mass is 419 g/mol. The van der Waals surface area contributed by atoms with Gasteiger partial charge in [0.25, 0.3) is 0 Å². The van der Waals surface area contributed by atoms with E-state index in [-0.39, 0.29) is 23.8 Å². The molecular weight excluding hydrogens is 386 g/mol. The maximum atomic E-state index is 12.9. The van der Waals surface area contributed by atoms with Gasteiger partial charge in [-0.2, -0.15) is 0 Å². The molecule has 0 aromatic heterocycles.